The molecule has 3 nitrogen and oxygen atoms in total. The van der Waals surface area contributed by atoms with Crippen molar-refractivity contribution in [1.82, 2.24) is 5.32 Å². The Hall–Kier alpha value is -0.420. The van der Waals surface area contributed by atoms with E-state index in [0.29, 0.717) is 5.92 Å². The molecule has 0 heterocycles. The van der Waals surface area contributed by atoms with Crippen LogP contribution in [0.3, 0.4) is 0 Å². The number of halogens is 1. The van der Waals surface area contributed by atoms with Gasteiger partial charge in [0.25, 0.3) is 0 Å². The van der Waals surface area contributed by atoms with E-state index in [-0.39, 0.29) is 5.60 Å². The first-order valence-corrected chi connectivity index (χ1v) is 8.31. The molecule has 1 N–H and O–H groups in total. The first-order chi connectivity index (χ1) is 9.92. The maximum absolute atomic E-state index is 5.87. The Morgan fingerprint density at radius 1 is 1.14 bits per heavy atom. The zero-order valence-corrected chi connectivity index (χ0v) is 15.2. The van der Waals surface area contributed by atoms with E-state index in [9.17, 15) is 0 Å². The molecule has 4 heteroatoms. The van der Waals surface area contributed by atoms with Crippen LogP contribution < -0.4 is 5.32 Å². The van der Waals surface area contributed by atoms with Gasteiger partial charge < -0.3 is 14.8 Å². The maximum Gasteiger partial charge on any atom is 0.0598 e. The van der Waals surface area contributed by atoms with Gasteiger partial charge in [-0.05, 0) is 50.8 Å². The minimum atomic E-state index is -0.0756. The second-order valence-electron chi connectivity index (χ2n) is 6.19. The number of rotatable bonds is 9. The van der Waals surface area contributed by atoms with Crippen molar-refractivity contribution in [3.05, 3.63) is 34.3 Å². The van der Waals surface area contributed by atoms with E-state index in [1.165, 1.54) is 5.56 Å². The number of hydrogen-bond acceptors (Lipinski definition) is 3. The Kier molecular flexibility index (Phi) is 8.49. The van der Waals surface area contributed by atoms with E-state index in [2.05, 4.69) is 66.3 Å². The molecular formula is C17H28BrNO2. The molecule has 1 aromatic rings. The van der Waals surface area contributed by atoms with Gasteiger partial charge in [-0.3, -0.25) is 0 Å². The molecule has 1 atom stereocenters. The molecule has 0 amide bonds. The monoisotopic (exact) mass is 357 g/mol. The third-order valence-electron chi connectivity index (χ3n) is 3.22. The highest BCUT2D eigenvalue weighted by atomic mass is 79.9. The van der Waals surface area contributed by atoms with Crippen LogP contribution in [0.5, 0.6) is 0 Å². The Balaban J connectivity index is 2.54. The lowest BCUT2D eigenvalue weighted by molar-refractivity contribution is -0.00625. The Labute approximate surface area is 137 Å². The average Bonchev–Trinajstić information content (AvgIpc) is 2.41. The van der Waals surface area contributed by atoms with Gasteiger partial charge in [-0.1, -0.05) is 28.1 Å². The standard InChI is InChI=1S/C17H28BrNO2/c1-17(2,3)21-11-9-15(13-19-10-12-20-4)14-5-7-16(18)8-6-14/h5-8,15,19H,9-13H2,1-4H3. The molecule has 1 aromatic carbocycles. The molecule has 0 aromatic heterocycles. The molecule has 0 saturated carbocycles. The van der Waals surface area contributed by atoms with Crippen LogP contribution in [0.1, 0.15) is 38.7 Å². The van der Waals surface area contributed by atoms with Gasteiger partial charge in [0.15, 0.2) is 0 Å². The predicted molar refractivity (Wildman–Crippen MR) is 92.0 cm³/mol. The average molecular weight is 358 g/mol. The summed E-state index contributed by atoms with van der Waals surface area (Å²) in [7, 11) is 1.73. The Bertz CT molecular complexity index is 387. The van der Waals surface area contributed by atoms with Gasteiger partial charge in [-0.2, -0.15) is 0 Å². The van der Waals surface area contributed by atoms with E-state index in [1.807, 2.05) is 0 Å². The number of hydrogen-bond donors (Lipinski definition) is 1. The summed E-state index contributed by atoms with van der Waals surface area (Å²) in [6, 6.07) is 8.57. The van der Waals surface area contributed by atoms with E-state index in [0.717, 1.165) is 37.2 Å². The summed E-state index contributed by atoms with van der Waals surface area (Å²) in [6.07, 6.45) is 1.01. The lowest BCUT2D eigenvalue weighted by atomic mass is 9.96. The van der Waals surface area contributed by atoms with Crippen molar-refractivity contribution in [3.8, 4) is 0 Å². The number of ether oxygens (including phenoxy) is 2. The van der Waals surface area contributed by atoms with Gasteiger partial charge in [0.2, 0.25) is 0 Å². The van der Waals surface area contributed by atoms with E-state index in [1.54, 1.807) is 7.11 Å². The van der Waals surface area contributed by atoms with Crippen LogP contribution in [-0.2, 0) is 9.47 Å². The summed E-state index contributed by atoms with van der Waals surface area (Å²) < 4.78 is 12.1. The third-order valence-corrected chi connectivity index (χ3v) is 3.75. The molecule has 0 saturated heterocycles. The van der Waals surface area contributed by atoms with Crippen LogP contribution in [0.4, 0.5) is 0 Å². The molecule has 0 spiro atoms. The summed E-state index contributed by atoms with van der Waals surface area (Å²) >= 11 is 3.49. The van der Waals surface area contributed by atoms with Crippen molar-refractivity contribution >= 4 is 15.9 Å². The summed E-state index contributed by atoms with van der Waals surface area (Å²) in [6.45, 7) is 9.62. The smallest absolute Gasteiger partial charge is 0.0598 e. The molecule has 0 aliphatic heterocycles. The van der Waals surface area contributed by atoms with Gasteiger partial charge in [-0.15, -0.1) is 0 Å². The van der Waals surface area contributed by atoms with Gasteiger partial charge in [0, 0.05) is 31.3 Å². The van der Waals surface area contributed by atoms with Crippen molar-refractivity contribution in [2.24, 2.45) is 0 Å². The molecule has 0 aliphatic rings. The van der Waals surface area contributed by atoms with E-state index < -0.39 is 0 Å². The Morgan fingerprint density at radius 3 is 2.38 bits per heavy atom. The summed E-state index contributed by atoms with van der Waals surface area (Å²) in [5.41, 5.74) is 1.27. The van der Waals surface area contributed by atoms with Crippen molar-refractivity contribution < 1.29 is 9.47 Å². The second-order valence-corrected chi connectivity index (χ2v) is 7.11. The second kappa shape index (κ2) is 9.57. The lowest BCUT2D eigenvalue weighted by Gasteiger charge is -2.23. The fourth-order valence-corrected chi connectivity index (χ4v) is 2.34. The first-order valence-electron chi connectivity index (χ1n) is 7.51. The predicted octanol–water partition coefficient (Wildman–Crippen LogP) is 3.97. The van der Waals surface area contributed by atoms with Gasteiger partial charge >= 0.3 is 0 Å². The fraction of sp³-hybridized carbons (Fsp3) is 0.647. The molecule has 0 radical (unpaired) electrons. The summed E-state index contributed by atoms with van der Waals surface area (Å²) in [5.74, 6) is 0.456. The first kappa shape index (κ1) is 18.6. The SMILES string of the molecule is COCCNCC(CCOC(C)(C)C)c1ccc(Br)cc1. The van der Waals surface area contributed by atoms with Crippen LogP contribution >= 0.6 is 15.9 Å². The molecule has 0 fully saturated rings. The fourth-order valence-electron chi connectivity index (χ4n) is 2.08. The number of methoxy groups -OCH3 is 1. The zero-order chi connectivity index (χ0) is 15.7. The number of nitrogens with one attached hydrogen (secondary N) is 1. The lowest BCUT2D eigenvalue weighted by Crippen LogP contribution is -2.27. The van der Waals surface area contributed by atoms with E-state index >= 15 is 0 Å². The molecular weight excluding hydrogens is 330 g/mol. The normalized spacial score (nSPS) is 13.4. The van der Waals surface area contributed by atoms with Gasteiger partial charge in [0.05, 0.1) is 12.2 Å². The molecule has 21 heavy (non-hydrogen) atoms. The summed E-state index contributed by atoms with van der Waals surface area (Å²) in [4.78, 5) is 0. The van der Waals surface area contributed by atoms with Crippen molar-refractivity contribution in [2.75, 3.05) is 33.4 Å². The highest BCUT2D eigenvalue weighted by Gasteiger charge is 2.15. The topological polar surface area (TPSA) is 30.5 Å². The van der Waals surface area contributed by atoms with Crippen LogP contribution in [-0.4, -0.2) is 39.0 Å². The molecule has 0 bridgehead atoms. The highest BCUT2D eigenvalue weighted by Crippen LogP contribution is 2.22. The molecule has 1 rings (SSSR count). The van der Waals surface area contributed by atoms with Gasteiger partial charge in [0.1, 0.15) is 0 Å². The summed E-state index contributed by atoms with van der Waals surface area (Å²) in [5, 5.41) is 3.45. The minimum absolute atomic E-state index is 0.0756. The third kappa shape index (κ3) is 8.57. The zero-order valence-electron chi connectivity index (χ0n) is 13.6. The highest BCUT2D eigenvalue weighted by molar-refractivity contribution is 9.10. The molecule has 120 valence electrons. The minimum Gasteiger partial charge on any atom is -0.383 e. The molecule has 1 unspecified atom stereocenters. The van der Waals surface area contributed by atoms with Crippen molar-refractivity contribution in [3.63, 3.8) is 0 Å². The van der Waals surface area contributed by atoms with Crippen LogP contribution in [0.25, 0.3) is 0 Å². The Morgan fingerprint density at radius 2 is 1.81 bits per heavy atom. The molecule has 0 aliphatic carbocycles. The van der Waals surface area contributed by atoms with Gasteiger partial charge in [-0.25, -0.2) is 0 Å². The van der Waals surface area contributed by atoms with Crippen LogP contribution in [0.15, 0.2) is 28.7 Å². The van der Waals surface area contributed by atoms with E-state index in [4.69, 9.17) is 9.47 Å². The largest absolute Gasteiger partial charge is 0.383 e. The van der Waals surface area contributed by atoms with Crippen LogP contribution in [0, 0.1) is 0 Å². The quantitative estimate of drug-likeness (QED) is 0.678. The maximum atomic E-state index is 5.87. The van der Waals surface area contributed by atoms with Crippen molar-refractivity contribution in [2.45, 2.75) is 38.7 Å². The van der Waals surface area contributed by atoms with Crippen LogP contribution in [0.2, 0.25) is 0 Å². The van der Waals surface area contributed by atoms with Crippen molar-refractivity contribution in [1.29, 1.82) is 0 Å². The number of benzene rings is 1.